The van der Waals surface area contributed by atoms with E-state index < -0.39 is 0 Å². The van der Waals surface area contributed by atoms with E-state index in [0.29, 0.717) is 6.61 Å². The fourth-order valence-electron chi connectivity index (χ4n) is 2.84. The van der Waals surface area contributed by atoms with Crippen LogP contribution in [0.5, 0.6) is 0 Å². The van der Waals surface area contributed by atoms with Crippen LogP contribution < -0.4 is 10.6 Å². The standard InChI is InChI=1S/C17H24N2O2/c1-2-16-15(9-10-21-16)17(20)19-14-5-3-12(4-6-14)11-18-13-7-8-13/h3-6,13,15-16,18H,2,7-11H2,1H3,(H,19,20). The lowest BCUT2D eigenvalue weighted by Gasteiger charge is -2.16. The first-order valence-electron chi connectivity index (χ1n) is 8.01. The van der Waals surface area contributed by atoms with Crippen molar-refractivity contribution < 1.29 is 9.53 Å². The monoisotopic (exact) mass is 288 g/mol. The molecule has 0 aromatic heterocycles. The van der Waals surface area contributed by atoms with Gasteiger partial charge in [0.1, 0.15) is 0 Å². The highest BCUT2D eigenvalue weighted by molar-refractivity contribution is 5.93. The van der Waals surface area contributed by atoms with Gasteiger partial charge in [-0.05, 0) is 43.4 Å². The molecule has 0 radical (unpaired) electrons. The van der Waals surface area contributed by atoms with Crippen LogP contribution in [0.2, 0.25) is 0 Å². The van der Waals surface area contributed by atoms with E-state index in [1.54, 1.807) is 0 Å². The maximum absolute atomic E-state index is 12.3. The van der Waals surface area contributed by atoms with Crippen LogP contribution in [0, 0.1) is 5.92 Å². The molecule has 114 valence electrons. The summed E-state index contributed by atoms with van der Waals surface area (Å²) in [6.07, 6.45) is 4.40. The summed E-state index contributed by atoms with van der Waals surface area (Å²) in [5.74, 6) is 0.0782. The van der Waals surface area contributed by atoms with Crippen molar-refractivity contribution >= 4 is 11.6 Å². The molecular weight excluding hydrogens is 264 g/mol. The number of benzene rings is 1. The quantitative estimate of drug-likeness (QED) is 0.846. The van der Waals surface area contributed by atoms with Crippen molar-refractivity contribution in [2.75, 3.05) is 11.9 Å². The summed E-state index contributed by atoms with van der Waals surface area (Å²) in [7, 11) is 0. The molecule has 1 amide bonds. The molecule has 1 saturated carbocycles. The minimum Gasteiger partial charge on any atom is -0.377 e. The summed E-state index contributed by atoms with van der Waals surface area (Å²) >= 11 is 0. The molecule has 0 bridgehead atoms. The Labute approximate surface area is 126 Å². The summed E-state index contributed by atoms with van der Waals surface area (Å²) in [6.45, 7) is 3.67. The number of carbonyl (C=O) groups is 1. The third kappa shape index (κ3) is 3.83. The Morgan fingerprint density at radius 1 is 1.24 bits per heavy atom. The van der Waals surface area contributed by atoms with Crippen LogP contribution in [0.4, 0.5) is 5.69 Å². The highest BCUT2D eigenvalue weighted by Gasteiger charge is 2.32. The Morgan fingerprint density at radius 2 is 2.00 bits per heavy atom. The van der Waals surface area contributed by atoms with E-state index in [9.17, 15) is 4.79 Å². The third-order valence-electron chi connectivity index (χ3n) is 4.34. The molecule has 2 unspecified atom stereocenters. The van der Waals surface area contributed by atoms with Gasteiger partial charge in [-0.15, -0.1) is 0 Å². The Bertz CT molecular complexity index is 482. The predicted molar refractivity (Wildman–Crippen MR) is 83.1 cm³/mol. The van der Waals surface area contributed by atoms with Crippen molar-refractivity contribution in [1.29, 1.82) is 0 Å². The summed E-state index contributed by atoms with van der Waals surface area (Å²) < 4.78 is 5.58. The molecule has 1 aliphatic carbocycles. The topological polar surface area (TPSA) is 50.4 Å². The Hall–Kier alpha value is -1.39. The second-order valence-corrected chi connectivity index (χ2v) is 6.05. The molecule has 4 nitrogen and oxygen atoms in total. The Balaban J connectivity index is 1.52. The molecule has 21 heavy (non-hydrogen) atoms. The van der Waals surface area contributed by atoms with Crippen LogP contribution >= 0.6 is 0 Å². The van der Waals surface area contributed by atoms with E-state index in [1.165, 1.54) is 18.4 Å². The van der Waals surface area contributed by atoms with Gasteiger partial charge in [0, 0.05) is 24.9 Å². The summed E-state index contributed by atoms with van der Waals surface area (Å²) in [6, 6.07) is 8.84. The molecule has 4 heteroatoms. The average Bonchev–Trinajstić information content (AvgIpc) is 3.21. The molecule has 2 atom stereocenters. The SMILES string of the molecule is CCC1OCCC1C(=O)Nc1ccc(CNC2CC2)cc1. The molecule has 1 aromatic rings. The normalized spacial score (nSPS) is 25.0. The van der Waals surface area contributed by atoms with Gasteiger partial charge in [0.25, 0.3) is 0 Å². The lowest BCUT2D eigenvalue weighted by molar-refractivity contribution is -0.121. The molecule has 1 aromatic carbocycles. The Morgan fingerprint density at radius 3 is 2.67 bits per heavy atom. The third-order valence-corrected chi connectivity index (χ3v) is 4.34. The maximum Gasteiger partial charge on any atom is 0.230 e. The number of ether oxygens (including phenoxy) is 1. The number of anilines is 1. The van der Waals surface area contributed by atoms with E-state index >= 15 is 0 Å². The molecule has 2 N–H and O–H groups in total. The van der Waals surface area contributed by atoms with Crippen molar-refractivity contribution in [3.63, 3.8) is 0 Å². The van der Waals surface area contributed by atoms with Gasteiger partial charge in [0.2, 0.25) is 5.91 Å². The van der Waals surface area contributed by atoms with Gasteiger partial charge < -0.3 is 15.4 Å². The van der Waals surface area contributed by atoms with Crippen molar-refractivity contribution in [2.45, 2.75) is 51.3 Å². The maximum atomic E-state index is 12.3. The molecule has 1 heterocycles. The van der Waals surface area contributed by atoms with E-state index in [2.05, 4.69) is 29.7 Å². The van der Waals surface area contributed by atoms with Gasteiger partial charge in [0.15, 0.2) is 0 Å². The lowest BCUT2D eigenvalue weighted by atomic mass is 9.98. The number of nitrogens with one attached hydrogen (secondary N) is 2. The highest BCUT2D eigenvalue weighted by Crippen LogP contribution is 2.25. The van der Waals surface area contributed by atoms with E-state index in [-0.39, 0.29) is 17.9 Å². The second-order valence-electron chi connectivity index (χ2n) is 6.05. The van der Waals surface area contributed by atoms with Crippen molar-refractivity contribution in [3.05, 3.63) is 29.8 Å². The molecule has 2 fully saturated rings. The van der Waals surface area contributed by atoms with Gasteiger partial charge >= 0.3 is 0 Å². The van der Waals surface area contributed by atoms with Crippen LogP contribution in [-0.4, -0.2) is 24.7 Å². The molecule has 2 aliphatic rings. The predicted octanol–water partition coefficient (Wildman–Crippen LogP) is 2.69. The van der Waals surface area contributed by atoms with Crippen LogP contribution in [0.1, 0.15) is 38.2 Å². The average molecular weight is 288 g/mol. The van der Waals surface area contributed by atoms with E-state index in [4.69, 9.17) is 4.74 Å². The van der Waals surface area contributed by atoms with Gasteiger partial charge in [-0.3, -0.25) is 4.79 Å². The minimum atomic E-state index is -0.00814. The fourth-order valence-corrected chi connectivity index (χ4v) is 2.84. The zero-order valence-electron chi connectivity index (χ0n) is 12.6. The van der Waals surface area contributed by atoms with Crippen molar-refractivity contribution in [2.24, 2.45) is 5.92 Å². The van der Waals surface area contributed by atoms with Crippen LogP contribution in [0.3, 0.4) is 0 Å². The first kappa shape index (κ1) is 14.5. The van der Waals surface area contributed by atoms with Crippen molar-refractivity contribution in [3.8, 4) is 0 Å². The Kier molecular flexibility index (Phi) is 4.56. The van der Waals surface area contributed by atoms with Crippen LogP contribution in [0.15, 0.2) is 24.3 Å². The van der Waals surface area contributed by atoms with Crippen LogP contribution in [0.25, 0.3) is 0 Å². The zero-order valence-corrected chi connectivity index (χ0v) is 12.6. The van der Waals surface area contributed by atoms with E-state index in [0.717, 1.165) is 31.1 Å². The van der Waals surface area contributed by atoms with Gasteiger partial charge in [-0.2, -0.15) is 0 Å². The molecule has 0 spiro atoms. The molecule has 1 aliphatic heterocycles. The molecular formula is C17H24N2O2. The van der Waals surface area contributed by atoms with Gasteiger partial charge in [-0.25, -0.2) is 0 Å². The summed E-state index contributed by atoms with van der Waals surface area (Å²) in [5.41, 5.74) is 2.13. The van der Waals surface area contributed by atoms with E-state index in [1.807, 2.05) is 12.1 Å². The first-order valence-corrected chi connectivity index (χ1v) is 8.01. The lowest BCUT2D eigenvalue weighted by Crippen LogP contribution is -2.29. The molecule has 1 saturated heterocycles. The largest absolute Gasteiger partial charge is 0.377 e. The van der Waals surface area contributed by atoms with Crippen LogP contribution in [-0.2, 0) is 16.1 Å². The minimum absolute atomic E-state index is 0.00814. The smallest absolute Gasteiger partial charge is 0.230 e. The number of amides is 1. The van der Waals surface area contributed by atoms with Gasteiger partial charge in [-0.1, -0.05) is 19.1 Å². The number of rotatable bonds is 6. The number of hydrogen-bond acceptors (Lipinski definition) is 3. The zero-order chi connectivity index (χ0) is 14.7. The summed E-state index contributed by atoms with van der Waals surface area (Å²) in [5, 5.41) is 6.50. The summed E-state index contributed by atoms with van der Waals surface area (Å²) in [4.78, 5) is 12.3. The second kappa shape index (κ2) is 6.58. The number of hydrogen-bond donors (Lipinski definition) is 2. The van der Waals surface area contributed by atoms with Gasteiger partial charge in [0.05, 0.1) is 12.0 Å². The highest BCUT2D eigenvalue weighted by atomic mass is 16.5. The van der Waals surface area contributed by atoms with Crippen molar-refractivity contribution in [1.82, 2.24) is 5.32 Å². The fraction of sp³-hybridized carbons (Fsp3) is 0.588. The number of carbonyl (C=O) groups excluding carboxylic acids is 1. The first-order chi connectivity index (χ1) is 10.3. The molecule has 3 rings (SSSR count).